The fraction of sp³-hybridized carbons (Fsp3) is 0.556. The van der Waals surface area contributed by atoms with Crippen LogP contribution in [0.4, 0.5) is 10.1 Å². The number of anilines is 1. The van der Waals surface area contributed by atoms with Crippen molar-refractivity contribution >= 4 is 27.3 Å². The quantitative estimate of drug-likeness (QED) is 0.775. The molecule has 7 nitrogen and oxygen atoms in total. The second-order valence-electron chi connectivity index (χ2n) is 7.48. The molecule has 2 unspecified atom stereocenters. The van der Waals surface area contributed by atoms with Gasteiger partial charge in [0.1, 0.15) is 5.82 Å². The SMILES string of the molecule is O=C(Nc1ccc2c(c1F)CCNC2)C1CC(=O)N(C2CCS(=O)(=O)C2)C1. The Labute approximate surface area is 157 Å². The van der Waals surface area contributed by atoms with Crippen LogP contribution in [0.5, 0.6) is 0 Å². The minimum atomic E-state index is -3.11. The highest BCUT2D eigenvalue weighted by Gasteiger charge is 2.42. The largest absolute Gasteiger partial charge is 0.338 e. The summed E-state index contributed by atoms with van der Waals surface area (Å²) in [5.74, 6) is -1.59. The molecule has 4 rings (SSSR count). The van der Waals surface area contributed by atoms with E-state index in [9.17, 15) is 22.4 Å². The molecule has 146 valence electrons. The van der Waals surface area contributed by atoms with Gasteiger partial charge in [-0.3, -0.25) is 9.59 Å². The second-order valence-corrected chi connectivity index (χ2v) is 9.71. The molecule has 0 saturated carbocycles. The highest BCUT2D eigenvalue weighted by Crippen LogP contribution is 2.29. The van der Waals surface area contributed by atoms with Crippen molar-refractivity contribution in [2.45, 2.75) is 31.8 Å². The number of rotatable bonds is 3. The first-order chi connectivity index (χ1) is 12.8. The van der Waals surface area contributed by atoms with Gasteiger partial charge in [0, 0.05) is 25.6 Å². The monoisotopic (exact) mass is 395 g/mol. The number of benzene rings is 1. The lowest BCUT2D eigenvalue weighted by Crippen LogP contribution is -2.38. The first-order valence-electron chi connectivity index (χ1n) is 9.16. The van der Waals surface area contributed by atoms with Gasteiger partial charge >= 0.3 is 0 Å². The van der Waals surface area contributed by atoms with Gasteiger partial charge < -0.3 is 15.5 Å². The summed E-state index contributed by atoms with van der Waals surface area (Å²) >= 11 is 0. The molecule has 0 radical (unpaired) electrons. The van der Waals surface area contributed by atoms with E-state index in [4.69, 9.17) is 0 Å². The number of amides is 2. The van der Waals surface area contributed by atoms with E-state index in [0.29, 0.717) is 31.5 Å². The lowest BCUT2D eigenvalue weighted by molar-refractivity contribution is -0.129. The molecular weight excluding hydrogens is 373 g/mol. The maximum absolute atomic E-state index is 14.7. The van der Waals surface area contributed by atoms with Gasteiger partial charge in [-0.25, -0.2) is 12.8 Å². The summed E-state index contributed by atoms with van der Waals surface area (Å²) in [4.78, 5) is 26.4. The van der Waals surface area contributed by atoms with Crippen molar-refractivity contribution < 1.29 is 22.4 Å². The second kappa shape index (κ2) is 6.87. The lowest BCUT2D eigenvalue weighted by Gasteiger charge is -2.23. The molecule has 0 aromatic heterocycles. The van der Waals surface area contributed by atoms with Crippen LogP contribution in [0.3, 0.4) is 0 Å². The molecule has 1 aromatic rings. The average molecular weight is 395 g/mol. The Morgan fingerprint density at radius 1 is 1.33 bits per heavy atom. The fourth-order valence-corrected chi connectivity index (χ4v) is 5.88. The number of likely N-dealkylation sites (tertiary alicyclic amines) is 1. The fourth-order valence-electron chi connectivity index (χ4n) is 4.15. The highest BCUT2D eigenvalue weighted by molar-refractivity contribution is 7.91. The summed E-state index contributed by atoms with van der Waals surface area (Å²) < 4.78 is 38.0. The predicted molar refractivity (Wildman–Crippen MR) is 97.3 cm³/mol. The van der Waals surface area contributed by atoms with Crippen molar-refractivity contribution in [2.75, 3.05) is 29.9 Å². The number of fused-ring (bicyclic) bond motifs is 1. The molecule has 2 fully saturated rings. The highest BCUT2D eigenvalue weighted by atomic mass is 32.2. The van der Waals surface area contributed by atoms with E-state index < -0.39 is 27.5 Å². The van der Waals surface area contributed by atoms with Gasteiger partial charge in [0.15, 0.2) is 9.84 Å². The predicted octanol–water partition coefficient (Wildman–Crippen LogP) is 0.446. The maximum Gasteiger partial charge on any atom is 0.229 e. The molecule has 3 aliphatic rings. The van der Waals surface area contributed by atoms with Gasteiger partial charge in [-0.2, -0.15) is 0 Å². The molecule has 0 spiro atoms. The van der Waals surface area contributed by atoms with E-state index in [1.54, 1.807) is 12.1 Å². The Morgan fingerprint density at radius 2 is 2.15 bits per heavy atom. The first kappa shape index (κ1) is 18.4. The zero-order chi connectivity index (χ0) is 19.2. The van der Waals surface area contributed by atoms with E-state index in [-0.39, 0.29) is 42.1 Å². The van der Waals surface area contributed by atoms with E-state index in [2.05, 4.69) is 10.6 Å². The molecule has 0 aliphatic carbocycles. The smallest absolute Gasteiger partial charge is 0.229 e. The number of carbonyl (C=O) groups excluding carboxylic acids is 2. The zero-order valence-corrected chi connectivity index (χ0v) is 15.6. The molecule has 3 heterocycles. The normalized spacial score (nSPS) is 26.9. The maximum atomic E-state index is 14.7. The van der Waals surface area contributed by atoms with Crippen molar-refractivity contribution in [3.05, 3.63) is 29.1 Å². The lowest BCUT2D eigenvalue weighted by atomic mass is 9.99. The molecule has 27 heavy (non-hydrogen) atoms. The van der Waals surface area contributed by atoms with Crippen LogP contribution >= 0.6 is 0 Å². The van der Waals surface area contributed by atoms with Crippen LogP contribution in [0.1, 0.15) is 24.0 Å². The van der Waals surface area contributed by atoms with Crippen LogP contribution in [0.15, 0.2) is 12.1 Å². The van der Waals surface area contributed by atoms with Crippen LogP contribution in [0.25, 0.3) is 0 Å². The van der Waals surface area contributed by atoms with E-state index in [0.717, 1.165) is 5.56 Å². The van der Waals surface area contributed by atoms with E-state index >= 15 is 0 Å². The molecule has 0 bridgehead atoms. The molecule has 2 atom stereocenters. The molecule has 9 heteroatoms. The Hall–Kier alpha value is -2.00. The Balaban J connectivity index is 1.44. The van der Waals surface area contributed by atoms with Gasteiger partial charge in [-0.1, -0.05) is 6.07 Å². The van der Waals surface area contributed by atoms with Gasteiger partial charge in [0.05, 0.1) is 23.1 Å². The Morgan fingerprint density at radius 3 is 2.89 bits per heavy atom. The summed E-state index contributed by atoms with van der Waals surface area (Å²) in [6.45, 7) is 1.48. The van der Waals surface area contributed by atoms with Gasteiger partial charge in [-0.15, -0.1) is 0 Å². The summed E-state index contributed by atoms with van der Waals surface area (Å²) in [6, 6.07) is 3.00. The van der Waals surface area contributed by atoms with Gasteiger partial charge in [-0.05, 0) is 36.6 Å². The molecule has 2 amide bonds. The van der Waals surface area contributed by atoms with Gasteiger partial charge in [0.2, 0.25) is 11.8 Å². The summed E-state index contributed by atoms with van der Waals surface area (Å²) in [5, 5.41) is 5.79. The zero-order valence-electron chi connectivity index (χ0n) is 14.8. The minimum absolute atomic E-state index is 0.0266. The molecule has 3 aliphatic heterocycles. The third-order valence-electron chi connectivity index (χ3n) is 5.64. The van der Waals surface area contributed by atoms with E-state index in [1.807, 2.05) is 0 Å². The molecule has 2 saturated heterocycles. The third kappa shape index (κ3) is 3.58. The van der Waals surface area contributed by atoms with Crippen LogP contribution in [-0.4, -0.2) is 55.8 Å². The van der Waals surface area contributed by atoms with E-state index in [1.165, 1.54) is 4.90 Å². The number of carbonyl (C=O) groups is 2. The molecule has 1 aromatic carbocycles. The minimum Gasteiger partial charge on any atom is -0.338 e. The number of nitrogens with one attached hydrogen (secondary N) is 2. The summed E-state index contributed by atoms with van der Waals surface area (Å²) in [5.41, 5.74) is 1.64. The van der Waals surface area contributed by atoms with Crippen molar-refractivity contribution in [3.8, 4) is 0 Å². The first-order valence-corrected chi connectivity index (χ1v) is 11.0. The van der Waals surface area contributed by atoms with Crippen molar-refractivity contribution in [1.82, 2.24) is 10.2 Å². The summed E-state index contributed by atoms with van der Waals surface area (Å²) in [7, 11) is -3.11. The van der Waals surface area contributed by atoms with Crippen LogP contribution in [0.2, 0.25) is 0 Å². The molecule has 2 N–H and O–H groups in total. The third-order valence-corrected chi connectivity index (χ3v) is 7.39. The van der Waals surface area contributed by atoms with Crippen molar-refractivity contribution in [1.29, 1.82) is 0 Å². The topological polar surface area (TPSA) is 95.6 Å². The van der Waals surface area contributed by atoms with Crippen LogP contribution < -0.4 is 10.6 Å². The molecular formula is C18H22FN3O4S. The number of sulfone groups is 1. The average Bonchev–Trinajstić information content (AvgIpc) is 3.19. The number of nitrogens with zero attached hydrogens (tertiary/aromatic N) is 1. The Kier molecular flexibility index (Phi) is 4.67. The van der Waals surface area contributed by atoms with Crippen LogP contribution in [0, 0.1) is 11.7 Å². The number of hydrogen-bond acceptors (Lipinski definition) is 5. The van der Waals surface area contributed by atoms with Gasteiger partial charge in [0.25, 0.3) is 0 Å². The van der Waals surface area contributed by atoms with Crippen molar-refractivity contribution in [2.24, 2.45) is 5.92 Å². The Bertz CT molecular complexity index is 902. The van der Waals surface area contributed by atoms with Crippen LogP contribution in [-0.2, 0) is 32.4 Å². The van der Waals surface area contributed by atoms with Crippen molar-refractivity contribution in [3.63, 3.8) is 0 Å². The number of halogens is 1. The number of hydrogen-bond donors (Lipinski definition) is 2. The standard InChI is InChI=1S/C18H22FN3O4S/c19-17-14-3-5-20-8-11(14)1-2-15(17)21-18(24)12-7-16(23)22(9-12)13-4-6-27(25,26)10-13/h1-2,12-13,20H,3-10H2,(H,21,24). The summed E-state index contributed by atoms with van der Waals surface area (Å²) in [6.07, 6.45) is 1.01.